The van der Waals surface area contributed by atoms with E-state index in [-0.39, 0.29) is 12.5 Å². The molecule has 1 atom stereocenters. The molecule has 0 heterocycles. The lowest BCUT2D eigenvalue weighted by atomic mass is 10.1. The summed E-state index contributed by atoms with van der Waals surface area (Å²) in [7, 11) is 1.58. The first kappa shape index (κ1) is 15.5. The first-order valence-corrected chi connectivity index (χ1v) is 6.22. The van der Waals surface area contributed by atoms with Crippen LogP contribution in [0, 0.1) is 6.92 Å². The molecule has 5 heteroatoms. The lowest BCUT2D eigenvalue weighted by Crippen LogP contribution is -2.38. The average molecular weight is 267 g/mol. The number of ether oxygens (including phenoxy) is 2. The Morgan fingerprint density at radius 3 is 2.84 bits per heavy atom. The van der Waals surface area contributed by atoms with Crippen LogP contribution in [0.1, 0.15) is 18.1 Å². The van der Waals surface area contributed by atoms with E-state index >= 15 is 0 Å². The lowest BCUT2D eigenvalue weighted by Gasteiger charge is -2.17. The number of hydrogen-bond donors (Lipinski definition) is 2. The van der Waals surface area contributed by atoms with E-state index in [0.717, 1.165) is 5.56 Å². The van der Waals surface area contributed by atoms with Gasteiger partial charge in [0, 0.05) is 19.2 Å². The number of aliphatic hydroxyl groups excluding tert-OH is 1. The molecule has 0 aromatic heterocycles. The van der Waals surface area contributed by atoms with E-state index in [1.54, 1.807) is 20.1 Å². The molecule has 0 aliphatic heterocycles. The van der Waals surface area contributed by atoms with Crippen molar-refractivity contribution < 1.29 is 19.4 Å². The molecule has 106 valence electrons. The largest absolute Gasteiger partial charge is 0.481 e. The summed E-state index contributed by atoms with van der Waals surface area (Å²) in [6.45, 7) is 4.40. The van der Waals surface area contributed by atoms with Gasteiger partial charge in [0.05, 0.1) is 13.2 Å². The Morgan fingerprint density at radius 1 is 1.47 bits per heavy atom. The van der Waals surface area contributed by atoms with Crippen LogP contribution in [0.2, 0.25) is 0 Å². The molecule has 0 fully saturated rings. The van der Waals surface area contributed by atoms with Crippen molar-refractivity contribution in [3.8, 4) is 5.75 Å². The third-order valence-electron chi connectivity index (χ3n) is 2.66. The van der Waals surface area contributed by atoms with Crippen molar-refractivity contribution in [3.63, 3.8) is 0 Å². The summed E-state index contributed by atoms with van der Waals surface area (Å²) in [5.74, 6) is 0.323. The molecule has 0 bridgehead atoms. The predicted molar refractivity (Wildman–Crippen MR) is 72.1 cm³/mol. The minimum Gasteiger partial charge on any atom is -0.481 e. The van der Waals surface area contributed by atoms with E-state index in [4.69, 9.17) is 9.47 Å². The van der Waals surface area contributed by atoms with Gasteiger partial charge in [-0.3, -0.25) is 4.79 Å². The van der Waals surface area contributed by atoms with Gasteiger partial charge in [-0.05, 0) is 19.9 Å². The summed E-state index contributed by atoms with van der Waals surface area (Å²) < 4.78 is 10.4. The Bertz CT molecular complexity index is 420. The quantitative estimate of drug-likeness (QED) is 0.724. The van der Waals surface area contributed by atoms with E-state index in [2.05, 4.69) is 5.32 Å². The van der Waals surface area contributed by atoms with Gasteiger partial charge in [-0.2, -0.15) is 0 Å². The zero-order valence-corrected chi connectivity index (χ0v) is 11.6. The van der Waals surface area contributed by atoms with E-state index in [1.165, 1.54) is 0 Å². The molecule has 0 radical (unpaired) electrons. The first-order valence-electron chi connectivity index (χ1n) is 6.22. The molecule has 0 saturated heterocycles. The monoisotopic (exact) mass is 267 g/mol. The van der Waals surface area contributed by atoms with Crippen molar-refractivity contribution in [2.45, 2.75) is 26.6 Å². The first-order chi connectivity index (χ1) is 9.08. The standard InChI is InChI=1S/C14H21NO4/c1-10-4-5-13(12(8-10)9-16)19-11(2)14(17)15-6-7-18-3/h4-5,8,11,16H,6-7,9H2,1-3H3,(H,15,17). The number of carbonyl (C=O) groups excluding carboxylic acids is 1. The maximum absolute atomic E-state index is 11.7. The molecule has 2 N–H and O–H groups in total. The number of rotatable bonds is 7. The highest BCUT2D eigenvalue weighted by Crippen LogP contribution is 2.21. The van der Waals surface area contributed by atoms with Gasteiger partial charge in [0.2, 0.25) is 0 Å². The Labute approximate surface area is 113 Å². The molecule has 0 aliphatic rings. The van der Waals surface area contributed by atoms with Crippen LogP contribution in [-0.2, 0) is 16.1 Å². The molecule has 0 spiro atoms. The lowest BCUT2D eigenvalue weighted by molar-refractivity contribution is -0.127. The zero-order valence-electron chi connectivity index (χ0n) is 11.6. The summed E-state index contributed by atoms with van der Waals surface area (Å²) >= 11 is 0. The van der Waals surface area contributed by atoms with Gasteiger partial charge in [0.1, 0.15) is 5.75 Å². The summed E-state index contributed by atoms with van der Waals surface area (Å²) in [6.07, 6.45) is -0.620. The molecular weight excluding hydrogens is 246 g/mol. The minimum absolute atomic E-state index is 0.116. The van der Waals surface area contributed by atoms with Gasteiger partial charge in [-0.15, -0.1) is 0 Å². The summed E-state index contributed by atoms with van der Waals surface area (Å²) in [4.78, 5) is 11.7. The van der Waals surface area contributed by atoms with Crippen LogP contribution >= 0.6 is 0 Å². The Hall–Kier alpha value is -1.59. The predicted octanol–water partition coefficient (Wildman–Crippen LogP) is 1.02. The van der Waals surface area contributed by atoms with Crippen LogP contribution in [0.3, 0.4) is 0 Å². The van der Waals surface area contributed by atoms with Crippen molar-refractivity contribution >= 4 is 5.91 Å². The number of aliphatic hydroxyl groups is 1. The number of methoxy groups -OCH3 is 1. The van der Waals surface area contributed by atoms with Crippen LogP contribution in [-0.4, -0.2) is 37.4 Å². The second-order valence-electron chi connectivity index (χ2n) is 4.31. The highest BCUT2D eigenvalue weighted by molar-refractivity contribution is 5.80. The molecule has 19 heavy (non-hydrogen) atoms. The van der Waals surface area contributed by atoms with Crippen molar-refractivity contribution in [1.29, 1.82) is 0 Å². The van der Waals surface area contributed by atoms with E-state index in [1.807, 2.05) is 19.1 Å². The molecule has 5 nitrogen and oxygen atoms in total. The van der Waals surface area contributed by atoms with Gasteiger partial charge in [0.25, 0.3) is 5.91 Å². The number of aryl methyl sites for hydroxylation is 1. The van der Waals surface area contributed by atoms with Crippen molar-refractivity contribution in [3.05, 3.63) is 29.3 Å². The zero-order chi connectivity index (χ0) is 14.3. The number of amides is 1. The molecular formula is C14H21NO4. The van der Waals surface area contributed by atoms with Crippen LogP contribution in [0.4, 0.5) is 0 Å². The summed E-state index contributed by atoms with van der Waals surface area (Å²) in [6, 6.07) is 5.48. The third-order valence-corrected chi connectivity index (χ3v) is 2.66. The molecule has 1 unspecified atom stereocenters. The van der Waals surface area contributed by atoms with Crippen LogP contribution < -0.4 is 10.1 Å². The topological polar surface area (TPSA) is 67.8 Å². The maximum Gasteiger partial charge on any atom is 0.260 e. The van der Waals surface area contributed by atoms with Gasteiger partial charge in [-0.1, -0.05) is 17.7 Å². The van der Waals surface area contributed by atoms with Gasteiger partial charge in [-0.25, -0.2) is 0 Å². The number of carbonyl (C=O) groups is 1. The number of hydrogen-bond acceptors (Lipinski definition) is 4. The molecule has 1 aromatic rings. The van der Waals surface area contributed by atoms with Crippen molar-refractivity contribution in [2.75, 3.05) is 20.3 Å². The summed E-state index contributed by atoms with van der Waals surface area (Å²) in [5, 5.41) is 12.0. The van der Waals surface area contributed by atoms with E-state index in [0.29, 0.717) is 24.5 Å². The molecule has 1 amide bonds. The average Bonchev–Trinajstić information content (AvgIpc) is 2.40. The maximum atomic E-state index is 11.7. The Kier molecular flexibility index (Phi) is 6.32. The fraction of sp³-hybridized carbons (Fsp3) is 0.500. The highest BCUT2D eigenvalue weighted by atomic mass is 16.5. The Balaban J connectivity index is 2.60. The van der Waals surface area contributed by atoms with Crippen molar-refractivity contribution in [2.24, 2.45) is 0 Å². The molecule has 0 saturated carbocycles. The third kappa shape index (κ3) is 4.89. The highest BCUT2D eigenvalue weighted by Gasteiger charge is 2.15. The second kappa shape index (κ2) is 7.76. The molecule has 1 rings (SSSR count). The normalized spacial score (nSPS) is 12.0. The summed E-state index contributed by atoms with van der Waals surface area (Å²) in [5.41, 5.74) is 1.71. The van der Waals surface area contributed by atoms with E-state index < -0.39 is 6.10 Å². The van der Waals surface area contributed by atoms with Crippen molar-refractivity contribution in [1.82, 2.24) is 5.32 Å². The van der Waals surface area contributed by atoms with Gasteiger partial charge >= 0.3 is 0 Å². The van der Waals surface area contributed by atoms with E-state index in [9.17, 15) is 9.90 Å². The van der Waals surface area contributed by atoms with Crippen LogP contribution in [0.25, 0.3) is 0 Å². The number of nitrogens with one attached hydrogen (secondary N) is 1. The fourth-order valence-electron chi connectivity index (χ4n) is 1.61. The second-order valence-corrected chi connectivity index (χ2v) is 4.31. The van der Waals surface area contributed by atoms with Gasteiger partial charge in [0.15, 0.2) is 6.10 Å². The molecule has 0 aliphatic carbocycles. The van der Waals surface area contributed by atoms with Gasteiger partial charge < -0.3 is 19.9 Å². The smallest absolute Gasteiger partial charge is 0.260 e. The van der Waals surface area contributed by atoms with Crippen LogP contribution in [0.15, 0.2) is 18.2 Å². The minimum atomic E-state index is -0.620. The molecule has 1 aromatic carbocycles. The Morgan fingerprint density at radius 2 is 2.21 bits per heavy atom. The van der Waals surface area contributed by atoms with Crippen LogP contribution in [0.5, 0.6) is 5.75 Å². The fourth-order valence-corrected chi connectivity index (χ4v) is 1.61. The number of benzene rings is 1. The SMILES string of the molecule is COCCNC(=O)C(C)Oc1ccc(C)cc1CO.